The number of rotatable bonds is 8. The topological polar surface area (TPSA) is 95.9 Å². The van der Waals surface area contributed by atoms with E-state index in [0.29, 0.717) is 30.4 Å². The van der Waals surface area contributed by atoms with Crippen LogP contribution in [0.5, 0.6) is 5.75 Å². The van der Waals surface area contributed by atoms with Crippen molar-refractivity contribution in [1.29, 1.82) is 0 Å². The van der Waals surface area contributed by atoms with E-state index < -0.39 is 21.8 Å². The number of carboxylic acids is 1. The fourth-order valence-electron chi connectivity index (χ4n) is 5.03. The van der Waals surface area contributed by atoms with E-state index in [1.807, 2.05) is 0 Å². The molecule has 7 nitrogen and oxygen atoms in total. The van der Waals surface area contributed by atoms with Crippen molar-refractivity contribution < 1.29 is 27.4 Å². The Bertz CT molecular complexity index is 1210. The summed E-state index contributed by atoms with van der Waals surface area (Å²) in [6.07, 6.45) is 2.14. The first-order chi connectivity index (χ1) is 15.8. The van der Waals surface area contributed by atoms with Gasteiger partial charge in [-0.05, 0) is 73.0 Å². The van der Waals surface area contributed by atoms with Gasteiger partial charge in [0.1, 0.15) is 17.1 Å². The second kappa shape index (κ2) is 8.29. The Labute approximate surface area is 192 Å². The Balaban J connectivity index is 1.42. The predicted octanol–water partition coefficient (Wildman–Crippen LogP) is 3.70. The average molecular weight is 475 g/mol. The van der Waals surface area contributed by atoms with Crippen LogP contribution in [0.4, 0.5) is 10.1 Å². The third-order valence-corrected chi connectivity index (χ3v) is 8.49. The molecule has 0 aromatic heterocycles. The fraction of sp³-hybridized carbons (Fsp3) is 0.458. The normalized spacial score (nSPS) is 22.0. The van der Waals surface area contributed by atoms with Crippen LogP contribution in [0.2, 0.25) is 0 Å². The van der Waals surface area contributed by atoms with Crippen LogP contribution in [0, 0.1) is 17.7 Å². The van der Waals surface area contributed by atoms with Crippen molar-refractivity contribution in [3.63, 3.8) is 0 Å². The quantitative estimate of drug-likeness (QED) is 0.606. The lowest BCUT2D eigenvalue weighted by Gasteiger charge is -2.38. The van der Waals surface area contributed by atoms with E-state index in [1.165, 1.54) is 18.2 Å². The summed E-state index contributed by atoms with van der Waals surface area (Å²) in [5.74, 6) is -0.376. The lowest BCUT2D eigenvalue weighted by molar-refractivity contribution is 0.0692. The number of aryl methyl sites for hydroxylation is 1. The molecule has 176 valence electrons. The number of aromatic carboxylic acids is 1. The van der Waals surface area contributed by atoms with Gasteiger partial charge in [0.25, 0.3) is 10.0 Å². The Morgan fingerprint density at radius 1 is 1.27 bits per heavy atom. The van der Waals surface area contributed by atoms with Crippen molar-refractivity contribution in [2.24, 2.45) is 11.8 Å². The molecule has 0 amide bonds. The SMILES string of the molecule is CCN1CC(CCc2cc(F)ccc2S(=O)(=O)Nc2ccc3c(c2C(=O)O)OC[C@@H]2C[C@H]32)C1. The minimum atomic E-state index is -4.14. The second-order valence-electron chi connectivity index (χ2n) is 9.24. The van der Waals surface area contributed by atoms with Crippen LogP contribution in [0.25, 0.3) is 0 Å². The van der Waals surface area contributed by atoms with Crippen LogP contribution in [0.1, 0.15) is 47.2 Å². The van der Waals surface area contributed by atoms with Crippen LogP contribution in [-0.4, -0.2) is 50.6 Å². The third-order valence-electron chi connectivity index (χ3n) is 7.02. The van der Waals surface area contributed by atoms with E-state index in [2.05, 4.69) is 16.5 Å². The Hall–Kier alpha value is -2.65. The van der Waals surface area contributed by atoms with Gasteiger partial charge in [-0.2, -0.15) is 0 Å². The highest BCUT2D eigenvalue weighted by Crippen LogP contribution is 2.55. The first-order valence-corrected chi connectivity index (χ1v) is 12.8. The van der Waals surface area contributed by atoms with E-state index in [4.69, 9.17) is 4.74 Å². The van der Waals surface area contributed by atoms with E-state index in [0.717, 1.165) is 44.1 Å². The van der Waals surface area contributed by atoms with Crippen molar-refractivity contribution in [3.8, 4) is 5.75 Å². The number of sulfonamides is 1. The highest BCUT2D eigenvalue weighted by atomic mass is 32.2. The zero-order chi connectivity index (χ0) is 23.3. The number of nitrogens with one attached hydrogen (secondary N) is 1. The molecule has 2 heterocycles. The molecule has 3 aliphatic rings. The van der Waals surface area contributed by atoms with Crippen LogP contribution >= 0.6 is 0 Å². The number of hydrogen-bond acceptors (Lipinski definition) is 5. The molecule has 1 saturated carbocycles. The summed E-state index contributed by atoms with van der Waals surface area (Å²) < 4.78 is 48.7. The number of fused-ring (bicyclic) bond motifs is 3. The molecule has 9 heteroatoms. The highest BCUT2D eigenvalue weighted by Gasteiger charge is 2.45. The molecule has 2 aliphatic heterocycles. The lowest BCUT2D eigenvalue weighted by Crippen LogP contribution is -2.46. The molecule has 2 N–H and O–H groups in total. The van der Waals surface area contributed by atoms with Crippen molar-refractivity contribution in [2.45, 2.75) is 37.0 Å². The molecular weight excluding hydrogens is 447 g/mol. The summed E-state index contributed by atoms with van der Waals surface area (Å²) in [7, 11) is -4.14. The van der Waals surface area contributed by atoms with Crippen molar-refractivity contribution in [1.82, 2.24) is 4.90 Å². The van der Waals surface area contributed by atoms with Crippen LogP contribution in [0.3, 0.4) is 0 Å². The molecule has 0 radical (unpaired) electrons. The van der Waals surface area contributed by atoms with Gasteiger partial charge in [-0.15, -0.1) is 0 Å². The zero-order valence-electron chi connectivity index (χ0n) is 18.4. The van der Waals surface area contributed by atoms with Crippen LogP contribution < -0.4 is 9.46 Å². The summed E-state index contributed by atoms with van der Waals surface area (Å²) in [5, 5.41) is 9.83. The van der Waals surface area contributed by atoms with Gasteiger partial charge in [0.15, 0.2) is 0 Å². The maximum atomic E-state index is 14.0. The van der Waals surface area contributed by atoms with E-state index in [-0.39, 0.29) is 27.8 Å². The number of anilines is 1. The summed E-state index contributed by atoms with van der Waals surface area (Å²) in [6.45, 7) is 5.44. The van der Waals surface area contributed by atoms with Gasteiger partial charge in [-0.1, -0.05) is 13.0 Å². The number of carboxylic acid groups (broad SMARTS) is 1. The molecule has 0 spiro atoms. The van der Waals surface area contributed by atoms with Gasteiger partial charge in [0.05, 0.1) is 17.2 Å². The minimum absolute atomic E-state index is 0.0344. The number of benzene rings is 2. The number of carbonyl (C=O) groups is 1. The molecule has 1 aliphatic carbocycles. The van der Waals surface area contributed by atoms with Gasteiger partial charge in [-0.3, -0.25) is 4.72 Å². The van der Waals surface area contributed by atoms with Crippen molar-refractivity contribution >= 4 is 21.7 Å². The van der Waals surface area contributed by atoms with E-state index in [1.54, 1.807) is 6.07 Å². The Morgan fingerprint density at radius 2 is 2.06 bits per heavy atom. The Morgan fingerprint density at radius 3 is 2.79 bits per heavy atom. The standard InChI is InChI=1S/C24H27FN2O5S/c1-2-27-11-14(12-27)3-4-15-9-17(25)5-8-21(15)33(30,31)26-20-7-6-18-19-10-16(19)13-32-23(18)22(20)24(28)29/h5-9,14,16,19,26H,2-4,10-13H2,1H3,(H,28,29)/t16-,19-/m0/s1. The zero-order valence-corrected chi connectivity index (χ0v) is 19.2. The van der Waals surface area contributed by atoms with Crippen molar-refractivity contribution in [3.05, 3.63) is 52.8 Å². The number of hydrogen-bond donors (Lipinski definition) is 2. The van der Waals surface area contributed by atoms with Gasteiger partial charge >= 0.3 is 5.97 Å². The molecule has 2 atom stereocenters. The van der Waals surface area contributed by atoms with Gasteiger partial charge in [0, 0.05) is 19.0 Å². The molecular formula is C24H27FN2O5S. The van der Waals surface area contributed by atoms with E-state index in [9.17, 15) is 22.7 Å². The first-order valence-electron chi connectivity index (χ1n) is 11.3. The van der Waals surface area contributed by atoms with E-state index >= 15 is 0 Å². The minimum Gasteiger partial charge on any atom is -0.492 e. The summed E-state index contributed by atoms with van der Waals surface area (Å²) in [4.78, 5) is 14.3. The van der Waals surface area contributed by atoms with Gasteiger partial charge in [0.2, 0.25) is 0 Å². The monoisotopic (exact) mass is 474 g/mol. The molecule has 0 bridgehead atoms. The van der Waals surface area contributed by atoms with Gasteiger partial charge in [-0.25, -0.2) is 17.6 Å². The number of likely N-dealkylation sites (tertiary alicyclic amines) is 1. The van der Waals surface area contributed by atoms with Gasteiger partial charge < -0.3 is 14.7 Å². The second-order valence-corrected chi connectivity index (χ2v) is 10.9. The average Bonchev–Trinajstić information content (AvgIpc) is 3.52. The smallest absolute Gasteiger partial charge is 0.341 e. The molecule has 2 aromatic carbocycles. The number of nitrogens with zero attached hydrogens (tertiary/aromatic N) is 1. The number of ether oxygens (including phenoxy) is 1. The summed E-state index contributed by atoms with van der Waals surface area (Å²) in [6, 6.07) is 6.84. The summed E-state index contributed by atoms with van der Waals surface area (Å²) >= 11 is 0. The van der Waals surface area contributed by atoms with Crippen molar-refractivity contribution in [2.75, 3.05) is 31.0 Å². The third kappa shape index (κ3) is 4.19. The molecule has 0 unspecified atom stereocenters. The molecule has 33 heavy (non-hydrogen) atoms. The maximum Gasteiger partial charge on any atom is 0.341 e. The Kier molecular flexibility index (Phi) is 5.56. The fourth-order valence-corrected chi connectivity index (χ4v) is 6.35. The summed E-state index contributed by atoms with van der Waals surface area (Å²) in [5.41, 5.74) is 0.979. The lowest BCUT2D eigenvalue weighted by atomic mass is 9.92. The highest BCUT2D eigenvalue weighted by molar-refractivity contribution is 7.92. The molecule has 2 aromatic rings. The number of halogens is 1. The van der Waals surface area contributed by atoms with Crippen LogP contribution in [0.15, 0.2) is 35.2 Å². The first kappa shape index (κ1) is 22.2. The van der Waals surface area contributed by atoms with Crippen LogP contribution in [-0.2, 0) is 16.4 Å². The maximum absolute atomic E-state index is 14.0. The largest absolute Gasteiger partial charge is 0.492 e. The molecule has 1 saturated heterocycles. The predicted molar refractivity (Wildman–Crippen MR) is 121 cm³/mol. The molecule has 2 fully saturated rings. The molecule has 5 rings (SSSR count).